The number of benzene rings is 2. The van der Waals surface area contributed by atoms with Gasteiger partial charge in [-0.25, -0.2) is 0 Å². The summed E-state index contributed by atoms with van der Waals surface area (Å²) in [6.45, 7) is 2.31. The molecular formula is C18H13NO3. The number of hydrogen-bond acceptors (Lipinski definition) is 4. The molecule has 0 saturated carbocycles. The average molecular weight is 291 g/mol. The molecule has 0 aromatic heterocycles. The summed E-state index contributed by atoms with van der Waals surface area (Å²) in [5.74, 6) is 3.38. The van der Waals surface area contributed by atoms with Crippen LogP contribution in [-0.4, -0.2) is 12.5 Å². The molecule has 0 radical (unpaired) electrons. The van der Waals surface area contributed by atoms with Crippen LogP contribution in [0.15, 0.2) is 53.2 Å². The highest BCUT2D eigenvalue weighted by Crippen LogP contribution is 2.49. The Hall–Kier alpha value is -2.75. The number of para-hydroxylation sites is 1. The number of allylic oxidation sites excluding steroid dienone is 1. The van der Waals surface area contributed by atoms with Crippen molar-refractivity contribution in [2.45, 2.75) is 13.0 Å². The Labute approximate surface area is 127 Å². The van der Waals surface area contributed by atoms with E-state index in [1.54, 1.807) is 0 Å². The third-order valence-electron chi connectivity index (χ3n) is 4.27. The Morgan fingerprint density at radius 2 is 1.86 bits per heavy atom. The maximum absolute atomic E-state index is 6.08. The standard InChI is InChI=1S/C18H13NO3/c1-10-16(11-6-7-14-15(8-11)21-9-20-14)18-17(19-10)12-4-2-3-5-13(12)22-18/h2-8,17H,9H2,1H3. The van der Waals surface area contributed by atoms with Gasteiger partial charge in [0.1, 0.15) is 17.6 Å². The van der Waals surface area contributed by atoms with E-state index in [0.29, 0.717) is 0 Å². The van der Waals surface area contributed by atoms with Crippen LogP contribution >= 0.6 is 0 Å². The van der Waals surface area contributed by atoms with Crippen molar-refractivity contribution >= 4 is 11.3 Å². The van der Waals surface area contributed by atoms with E-state index in [1.165, 1.54) is 0 Å². The molecule has 3 heterocycles. The van der Waals surface area contributed by atoms with Gasteiger partial charge in [0, 0.05) is 16.8 Å². The summed E-state index contributed by atoms with van der Waals surface area (Å²) < 4.78 is 16.9. The van der Waals surface area contributed by atoms with Gasteiger partial charge < -0.3 is 14.2 Å². The van der Waals surface area contributed by atoms with Crippen molar-refractivity contribution in [2.24, 2.45) is 4.99 Å². The third-order valence-corrected chi connectivity index (χ3v) is 4.27. The van der Waals surface area contributed by atoms with Crippen LogP contribution in [0.5, 0.6) is 17.2 Å². The van der Waals surface area contributed by atoms with E-state index < -0.39 is 0 Å². The molecule has 5 rings (SSSR count). The van der Waals surface area contributed by atoms with Crippen LogP contribution in [0.1, 0.15) is 24.1 Å². The first-order chi connectivity index (χ1) is 10.8. The van der Waals surface area contributed by atoms with Gasteiger partial charge in [-0.2, -0.15) is 0 Å². The van der Waals surface area contributed by atoms with Crippen molar-refractivity contribution in [1.82, 2.24) is 0 Å². The quantitative estimate of drug-likeness (QED) is 0.803. The molecule has 0 saturated heterocycles. The SMILES string of the molecule is CC1=NC2C(=C1c1ccc3c(c1)OCO3)Oc1ccccc12. The fourth-order valence-electron chi connectivity index (χ4n) is 3.27. The van der Waals surface area contributed by atoms with Crippen molar-refractivity contribution in [3.05, 3.63) is 59.4 Å². The van der Waals surface area contributed by atoms with Gasteiger partial charge >= 0.3 is 0 Å². The Morgan fingerprint density at radius 1 is 1.00 bits per heavy atom. The maximum Gasteiger partial charge on any atom is 0.231 e. The zero-order valence-corrected chi connectivity index (χ0v) is 12.0. The molecule has 2 aromatic rings. The third kappa shape index (κ3) is 1.49. The van der Waals surface area contributed by atoms with Gasteiger partial charge in [0.05, 0.1) is 0 Å². The van der Waals surface area contributed by atoms with Crippen LogP contribution in [0, 0.1) is 0 Å². The van der Waals surface area contributed by atoms with Crippen molar-refractivity contribution in [1.29, 1.82) is 0 Å². The number of rotatable bonds is 1. The van der Waals surface area contributed by atoms with Gasteiger partial charge in [-0.15, -0.1) is 0 Å². The van der Waals surface area contributed by atoms with Crippen LogP contribution < -0.4 is 14.2 Å². The van der Waals surface area contributed by atoms with Crippen LogP contribution in [0.3, 0.4) is 0 Å². The molecule has 0 N–H and O–H groups in total. The second-order valence-corrected chi connectivity index (χ2v) is 5.56. The molecule has 4 heteroatoms. The minimum atomic E-state index is -0.0170. The molecular weight excluding hydrogens is 278 g/mol. The molecule has 22 heavy (non-hydrogen) atoms. The summed E-state index contributed by atoms with van der Waals surface area (Å²) in [4.78, 5) is 4.79. The lowest BCUT2D eigenvalue weighted by atomic mass is 9.99. The topological polar surface area (TPSA) is 40.0 Å². The lowest BCUT2D eigenvalue weighted by Crippen LogP contribution is -1.99. The largest absolute Gasteiger partial charge is 0.458 e. The number of nitrogens with zero attached hydrogens (tertiary/aromatic N) is 1. The molecule has 108 valence electrons. The van der Waals surface area contributed by atoms with Gasteiger partial charge in [0.2, 0.25) is 6.79 Å². The first-order valence-corrected chi connectivity index (χ1v) is 7.27. The Balaban J connectivity index is 1.66. The minimum absolute atomic E-state index is 0.0170. The summed E-state index contributed by atoms with van der Waals surface area (Å²) in [5.41, 5.74) is 4.23. The number of ether oxygens (including phenoxy) is 3. The molecule has 1 unspecified atom stereocenters. The van der Waals surface area contributed by atoms with Crippen LogP contribution in [0.25, 0.3) is 5.57 Å². The summed E-state index contributed by atoms with van der Waals surface area (Å²) in [7, 11) is 0. The lowest BCUT2D eigenvalue weighted by molar-refractivity contribution is 0.174. The highest BCUT2D eigenvalue weighted by atomic mass is 16.7. The highest BCUT2D eigenvalue weighted by Gasteiger charge is 2.37. The van der Waals surface area contributed by atoms with Gasteiger partial charge in [-0.05, 0) is 30.7 Å². The van der Waals surface area contributed by atoms with E-state index in [4.69, 9.17) is 19.2 Å². The van der Waals surface area contributed by atoms with Crippen molar-refractivity contribution in [3.63, 3.8) is 0 Å². The predicted molar refractivity (Wildman–Crippen MR) is 82.4 cm³/mol. The van der Waals surface area contributed by atoms with Crippen LogP contribution in [-0.2, 0) is 0 Å². The number of fused-ring (bicyclic) bond motifs is 4. The fraction of sp³-hybridized carbons (Fsp3) is 0.167. The van der Waals surface area contributed by atoms with E-state index >= 15 is 0 Å². The van der Waals surface area contributed by atoms with Crippen molar-refractivity contribution < 1.29 is 14.2 Å². The summed E-state index contributed by atoms with van der Waals surface area (Å²) in [5, 5.41) is 0. The molecule has 3 aliphatic rings. The summed E-state index contributed by atoms with van der Waals surface area (Å²) in [6, 6.07) is 14.0. The second-order valence-electron chi connectivity index (χ2n) is 5.56. The number of aliphatic imine (C=N–C) groups is 1. The van der Waals surface area contributed by atoms with E-state index in [9.17, 15) is 0 Å². The summed E-state index contributed by atoms with van der Waals surface area (Å²) >= 11 is 0. The molecule has 4 nitrogen and oxygen atoms in total. The smallest absolute Gasteiger partial charge is 0.231 e. The lowest BCUT2D eigenvalue weighted by Gasteiger charge is -2.08. The van der Waals surface area contributed by atoms with Gasteiger partial charge in [-0.3, -0.25) is 4.99 Å². The minimum Gasteiger partial charge on any atom is -0.458 e. The maximum atomic E-state index is 6.08. The molecule has 0 amide bonds. The molecule has 1 atom stereocenters. The van der Waals surface area contributed by atoms with Gasteiger partial charge in [-0.1, -0.05) is 24.3 Å². The van der Waals surface area contributed by atoms with Crippen LogP contribution in [0.2, 0.25) is 0 Å². The molecule has 0 aliphatic carbocycles. The molecule has 3 aliphatic heterocycles. The normalized spacial score (nSPS) is 20.6. The number of hydrogen-bond donors (Lipinski definition) is 0. The first-order valence-electron chi connectivity index (χ1n) is 7.27. The predicted octanol–water partition coefficient (Wildman–Crippen LogP) is 3.73. The Bertz CT molecular complexity index is 866. The van der Waals surface area contributed by atoms with E-state index in [0.717, 1.165) is 45.4 Å². The fourth-order valence-corrected chi connectivity index (χ4v) is 3.27. The zero-order chi connectivity index (χ0) is 14.7. The highest BCUT2D eigenvalue weighted by molar-refractivity contribution is 6.25. The molecule has 2 aromatic carbocycles. The van der Waals surface area contributed by atoms with Gasteiger partial charge in [0.15, 0.2) is 11.5 Å². The summed E-state index contributed by atoms with van der Waals surface area (Å²) in [6.07, 6.45) is 0. The van der Waals surface area contributed by atoms with E-state index in [1.807, 2.05) is 43.3 Å². The van der Waals surface area contributed by atoms with E-state index in [-0.39, 0.29) is 12.8 Å². The molecule has 0 spiro atoms. The van der Waals surface area contributed by atoms with Crippen molar-refractivity contribution in [2.75, 3.05) is 6.79 Å². The Morgan fingerprint density at radius 3 is 2.82 bits per heavy atom. The second kappa shape index (κ2) is 4.13. The van der Waals surface area contributed by atoms with Gasteiger partial charge in [0.25, 0.3) is 0 Å². The van der Waals surface area contributed by atoms with Crippen LogP contribution in [0.4, 0.5) is 0 Å². The Kier molecular flexibility index (Phi) is 2.23. The van der Waals surface area contributed by atoms with Crippen molar-refractivity contribution in [3.8, 4) is 17.2 Å². The average Bonchev–Trinajstić information content (AvgIpc) is 3.19. The first kappa shape index (κ1) is 11.9. The van der Waals surface area contributed by atoms with E-state index in [2.05, 4.69) is 6.07 Å². The molecule has 0 fully saturated rings. The molecule has 0 bridgehead atoms. The zero-order valence-electron chi connectivity index (χ0n) is 12.0. The monoisotopic (exact) mass is 291 g/mol.